The molecule has 0 aliphatic rings. The molecule has 0 aromatic heterocycles. The molecule has 0 nitrogen and oxygen atoms in total. The minimum atomic E-state index is -1.62. The van der Waals surface area contributed by atoms with Crippen molar-refractivity contribution < 1.29 is 20.7 Å². The molecule has 0 bridgehead atoms. The molecule has 0 atom stereocenters. The molecule has 0 spiro atoms. The molecule has 0 fully saturated rings. The summed E-state index contributed by atoms with van der Waals surface area (Å²) in [5, 5.41) is 0. The van der Waals surface area contributed by atoms with E-state index in [2.05, 4.69) is 0 Å². The predicted octanol–water partition coefficient (Wildman–Crippen LogP) is -1.07. The van der Waals surface area contributed by atoms with Crippen LogP contribution < -0.4 is 17.8 Å². The van der Waals surface area contributed by atoms with Crippen LogP contribution in [0.4, 0.5) is 2.86 Å². The van der Waals surface area contributed by atoms with Crippen molar-refractivity contribution in [2.24, 2.45) is 0 Å². The molecule has 30 valence electrons. The first-order chi connectivity index (χ1) is 2.27. The van der Waals surface area contributed by atoms with Gasteiger partial charge in [0.25, 0.3) is 0 Å². The summed E-state index contributed by atoms with van der Waals surface area (Å²) in [6.07, 6.45) is 0. The van der Waals surface area contributed by atoms with Crippen molar-refractivity contribution in [2.45, 2.75) is 0 Å². The molecule has 0 saturated carbocycles. The van der Waals surface area contributed by atoms with E-state index in [1.807, 2.05) is 18.6 Å². The maximum absolute atomic E-state index is 11.1. The third kappa shape index (κ3) is 4.12. The second kappa shape index (κ2) is 5.12. The number of rotatable bonds is 1. The van der Waals surface area contributed by atoms with Crippen LogP contribution in [-0.2, 0) is 0 Å². The Kier molecular flexibility index (Phi) is 5.48. The van der Waals surface area contributed by atoms with E-state index in [1.165, 1.54) is 0 Å². The molecule has 0 N–H and O–H groups in total. The van der Waals surface area contributed by atoms with Crippen molar-refractivity contribution in [1.82, 2.24) is 0 Å². The summed E-state index contributed by atoms with van der Waals surface area (Å²) in [5.74, 6) is 0. The summed E-state index contributed by atoms with van der Waals surface area (Å²) in [4.78, 5) is 0. The Morgan fingerprint density at radius 3 is 2.75 bits per heavy atom. The number of hydrogen-bond acceptors (Lipinski definition) is 0. The van der Waals surface area contributed by atoms with E-state index >= 15 is 0 Å². The van der Waals surface area contributed by atoms with E-state index in [-0.39, 0.29) is 0 Å². The van der Waals surface area contributed by atoms with Gasteiger partial charge in [0.15, 0.2) is 0 Å². The summed E-state index contributed by atoms with van der Waals surface area (Å²) in [6.45, 7) is 0. The fraction of sp³-hybridized carbons (Fsp3) is 0. The van der Waals surface area contributed by atoms with Crippen LogP contribution >= 0.6 is 31.7 Å². The number of halogens is 4. The molecule has 0 saturated heterocycles. The third-order valence-electron chi connectivity index (χ3n) is 0.0204. The van der Waals surface area contributed by atoms with Crippen molar-refractivity contribution in [3.05, 3.63) is 0 Å². The molecule has 4 heteroatoms. The van der Waals surface area contributed by atoms with Crippen molar-refractivity contribution in [2.75, 3.05) is 0 Å². The van der Waals surface area contributed by atoms with Gasteiger partial charge in [-0.15, -0.1) is 0 Å². The van der Waals surface area contributed by atoms with Gasteiger partial charge in [0.05, 0.1) is 0 Å². The Balaban J connectivity index is 2.54. The van der Waals surface area contributed by atoms with Crippen molar-refractivity contribution >= 4 is 31.7 Å². The van der Waals surface area contributed by atoms with Gasteiger partial charge in [0, 0.05) is 0 Å². The normalized spacial score (nSPS) is 15.5. The Morgan fingerprint density at radius 1 is 2.50 bits per heavy atom. The molecular formula is HFI3-. The Labute approximate surface area is 51.9 Å². The molecular weight excluding hydrogens is 400 g/mol. The first-order valence-electron chi connectivity index (χ1n) is 0.807. The number of hydrogen-bond donors (Lipinski definition) is 0. The molecule has 0 amide bonds. The predicted molar refractivity (Wildman–Crippen MR) is 30.5 cm³/mol. The van der Waals surface area contributed by atoms with Gasteiger partial charge in [-0.3, -0.25) is 0 Å². The van der Waals surface area contributed by atoms with Crippen LogP contribution in [0.2, 0.25) is 0 Å². The standard InChI is InChI=1S/FHI3/c1-3-4-2/h4H/q-1/i4D. The van der Waals surface area contributed by atoms with E-state index in [9.17, 15) is 2.86 Å². The van der Waals surface area contributed by atoms with Crippen LogP contribution in [0.5, 0.6) is 0 Å². The Bertz CT molecular complexity index is 20.9. The van der Waals surface area contributed by atoms with Gasteiger partial charge in [0.2, 0.25) is 0 Å². The van der Waals surface area contributed by atoms with Crippen molar-refractivity contribution in [3.8, 4) is 0 Å². The van der Waals surface area contributed by atoms with Gasteiger partial charge >= 0.3 is 52.9 Å². The molecule has 0 aliphatic carbocycles. The van der Waals surface area contributed by atoms with Crippen LogP contribution in [0, 0.1) is 0 Å². The second-order valence-corrected chi connectivity index (χ2v) is 18.7. The average molecular weight is 402 g/mol. The summed E-state index contributed by atoms with van der Waals surface area (Å²) >= 11 is -0.857. The SMILES string of the molecule is [2H]I(I)[I-]F. The first-order valence-corrected chi connectivity index (χ1v) is 13.8. The molecule has 0 rings (SSSR count). The maximum atomic E-state index is 11.1. The molecule has 0 radical (unpaired) electrons. The van der Waals surface area contributed by atoms with Crippen LogP contribution in [0.3, 0.4) is 0 Å². The summed E-state index contributed by atoms with van der Waals surface area (Å²) in [7, 11) is 0. The summed E-state index contributed by atoms with van der Waals surface area (Å²) in [5.41, 5.74) is 0. The topological polar surface area (TPSA) is 0 Å². The van der Waals surface area contributed by atoms with Gasteiger partial charge in [-0.25, -0.2) is 0 Å². The van der Waals surface area contributed by atoms with E-state index < -0.39 is 30.9 Å². The fourth-order valence-corrected chi connectivity index (χ4v) is 0. The van der Waals surface area contributed by atoms with Crippen molar-refractivity contribution in [1.29, 1.82) is 0.594 Å². The quantitative estimate of drug-likeness (QED) is 0.491. The van der Waals surface area contributed by atoms with Gasteiger partial charge in [-0.1, -0.05) is 0 Å². The molecule has 0 heterocycles. The zero-order chi connectivity index (χ0) is 4.28. The summed E-state index contributed by atoms with van der Waals surface area (Å²) in [6, 6.07) is 0. The van der Waals surface area contributed by atoms with Crippen molar-refractivity contribution in [3.63, 3.8) is 0 Å². The fourth-order valence-electron chi connectivity index (χ4n) is 0. The Hall–Kier alpha value is 2.12. The van der Waals surface area contributed by atoms with E-state index in [0.29, 0.717) is 0 Å². The summed E-state index contributed by atoms with van der Waals surface area (Å²) < 4.78 is 17.7. The average Bonchev–Trinajstić information content (AvgIpc) is 1.38. The minimum absolute atomic E-state index is 1.14. The molecule has 0 unspecified atom stereocenters. The van der Waals surface area contributed by atoms with E-state index in [1.54, 1.807) is 0 Å². The van der Waals surface area contributed by atoms with E-state index in [0.717, 1.165) is 0 Å². The van der Waals surface area contributed by atoms with Gasteiger partial charge in [-0.2, -0.15) is 0 Å². The zero-order valence-electron chi connectivity index (χ0n) is 2.51. The van der Waals surface area contributed by atoms with Crippen LogP contribution in [0.1, 0.15) is 0 Å². The third-order valence-corrected chi connectivity index (χ3v) is 6.16. The zero-order valence-corrected chi connectivity index (χ0v) is 7.98. The van der Waals surface area contributed by atoms with Gasteiger partial charge in [-0.05, 0) is 0 Å². The first kappa shape index (κ1) is 4.28. The Morgan fingerprint density at radius 2 is 2.75 bits per heavy atom. The molecule has 0 aromatic carbocycles. The second-order valence-electron chi connectivity index (χ2n) is 0.108. The van der Waals surface area contributed by atoms with Crippen LogP contribution in [0.15, 0.2) is 0 Å². The van der Waals surface area contributed by atoms with Crippen LogP contribution in [-0.4, -0.2) is 0.594 Å². The molecule has 0 aromatic rings. The van der Waals surface area contributed by atoms with E-state index in [4.69, 9.17) is 0.594 Å². The van der Waals surface area contributed by atoms with Gasteiger partial charge < -0.3 is 0 Å². The molecule has 4 heavy (non-hydrogen) atoms. The molecule has 0 aliphatic heterocycles. The van der Waals surface area contributed by atoms with Gasteiger partial charge in [0.1, 0.15) is 0 Å². The monoisotopic (exact) mass is 402 g/mol. The van der Waals surface area contributed by atoms with Crippen LogP contribution in [0.25, 0.3) is 0 Å².